The van der Waals surface area contributed by atoms with Gasteiger partial charge < -0.3 is 10.1 Å². The van der Waals surface area contributed by atoms with Gasteiger partial charge in [0.2, 0.25) is 0 Å². The van der Waals surface area contributed by atoms with E-state index in [1.807, 2.05) is 31.4 Å². The first-order chi connectivity index (χ1) is 12.0. The molecule has 0 aliphatic heterocycles. The Kier molecular flexibility index (Phi) is 5.06. The molecule has 0 atom stereocenters. The van der Waals surface area contributed by atoms with Crippen molar-refractivity contribution in [3.8, 4) is 17.0 Å². The monoisotopic (exact) mass is 372 g/mol. The molecule has 6 heteroatoms. The normalized spacial score (nSPS) is 10.6. The summed E-state index contributed by atoms with van der Waals surface area (Å²) in [6, 6.07) is 10.7. The third-order valence-corrected chi connectivity index (χ3v) is 4.90. The van der Waals surface area contributed by atoms with Gasteiger partial charge >= 0.3 is 0 Å². The van der Waals surface area contributed by atoms with E-state index in [-0.39, 0.29) is 5.91 Å². The van der Waals surface area contributed by atoms with Crippen LogP contribution >= 0.6 is 22.9 Å². The van der Waals surface area contributed by atoms with Crippen LogP contribution in [0.1, 0.15) is 20.9 Å². The summed E-state index contributed by atoms with van der Waals surface area (Å²) in [6.45, 7) is 3.82. The summed E-state index contributed by atoms with van der Waals surface area (Å²) < 4.78 is 5.18. The molecule has 0 aliphatic rings. The summed E-state index contributed by atoms with van der Waals surface area (Å²) in [5, 5.41) is 6.44. The van der Waals surface area contributed by atoms with Crippen molar-refractivity contribution in [1.82, 2.24) is 4.98 Å². The fourth-order valence-corrected chi connectivity index (χ4v) is 3.33. The van der Waals surface area contributed by atoms with Crippen LogP contribution in [-0.2, 0) is 0 Å². The number of carbonyl (C=O) groups excluding carboxylic acids is 1. The molecule has 3 rings (SSSR count). The lowest BCUT2D eigenvalue weighted by molar-refractivity contribution is 0.102. The lowest BCUT2D eigenvalue weighted by Gasteiger charge is -2.11. The number of hydrogen-bond donors (Lipinski definition) is 1. The van der Waals surface area contributed by atoms with E-state index in [0.29, 0.717) is 16.3 Å². The Balaban J connectivity index is 1.87. The molecule has 0 bridgehead atoms. The molecule has 1 aromatic heterocycles. The number of carbonyl (C=O) groups is 1. The van der Waals surface area contributed by atoms with Gasteiger partial charge in [0, 0.05) is 22.2 Å². The number of amides is 1. The van der Waals surface area contributed by atoms with E-state index in [1.54, 1.807) is 42.7 Å². The van der Waals surface area contributed by atoms with E-state index < -0.39 is 0 Å². The third-order valence-electron chi connectivity index (χ3n) is 3.80. The third kappa shape index (κ3) is 3.83. The Bertz CT molecular complexity index is 937. The Hall–Kier alpha value is -2.37. The van der Waals surface area contributed by atoms with Gasteiger partial charge in [-0.2, -0.15) is 0 Å². The molecule has 0 radical (unpaired) electrons. The van der Waals surface area contributed by atoms with Gasteiger partial charge in [-0.25, -0.2) is 4.98 Å². The number of anilines is 1. The van der Waals surface area contributed by atoms with Crippen molar-refractivity contribution in [2.24, 2.45) is 0 Å². The van der Waals surface area contributed by atoms with E-state index in [2.05, 4.69) is 10.3 Å². The second-order valence-electron chi connectivity index (χ2n) is 5.58. The highest BCUT2D eigenvalue weighted by Gasteiger charge is 2.13. The Morgan fingerprint density at radius 2 is 2.00 bits per heavy atom. The minimum atomic E-state index is -0.178. The van der Waals surface area contributed by atoms with E-state index in [0.717, 1.165) is 27.6 Å². The highest BCUT2D eigenvalue weighted by molar-refractivity contribution is 7.09. The van der Waals surface area contributed by atoms with Crippen molar-refractivity contribution in [3.05, 3.63) is 62.9 Å². The second kappa shape index (κ2) is 7.25. The number of halogens is 1. The van der Waals surface area contributed by atoms with Crippen LogP contribution in [0.15, 0.2) is 41.8 Å². The fourth-order valence-electron chi connectivity index (χ4n) is 2.50. The van der Waals surface area contributed by atoms with Gasteiger partial charge in [0.1, 0.15) is 5.75 Å². The number of nitrogens with one attached hydrogen (secondary N) is 1. The van der Waals surface area contributed by atoms with E-state index in [4.69, 9.17) is 16.3 Å². The number of nitrogens with zero attached hydrogens (tertiary/aromatic N) is 1. The molecule has 0 aliphatic carbocycles. The Morgan fingerprint density at radius 1 is 1.20 bits per heavy atom. The Labute approximate surface area is 155 Å². The minimum Gasteiger partial charge on any atom is -0.497 e. The zero-order chi connectivity index (χ0) is 18.0. The number of hydrogen-bond acceptors (Lipinski definition) is 4. The molecular weight excluding hydrogens is 356 g/mol. The van der Waals surface area contributed by atoms with Gasteiger partial charge in [-0.15, -0.1) is 11.3 Å². The van der Waals surface area contributed by atoms with Crippen molar-refractivity contribution in [1.29, 1.82) is 0 Å². The molecule has 1 heterocycles. The SMILES string of the molecule is COc1ccc(C(=O)Nc2ccc(Cl)c(-c3csc(C)n3)c2)c(C)c1. The first-order valence-corrected chi connectivity index (χ1v) is 8.91. The molecule has 0 saturated heterocycles. The van der Waals surface area contributed by atoms with Crippen LogP contribution in [-0.4, -0.2) is 18.0 Å². The van der Waals surface area contributed by atoms with Gasteiger partial charge in [0.15, 0.2) is 0 Å². The molecule has 3 aromatic rings. The predicted molar refractivity (Wildman–Crippen MR) is 103 cm³/mol. The van der Waals surface area contributed by atoms with Gasteiger partial charge in [0.05, 0.1) is 22.8 Å². The molecular formula is C19H17ClN2O2S. The fraction of sp³-hybridized carbons (Fsp3) is 0.158. The van der Waals surface area contributed by atoms with Crippen LogP contribution in [0.25, 0.3) is 11.3 Å². The highest BCUT2D eigenvalue weighted by atomic mass is 35.5. The molecule has 2 aromatic carbocycles. The minimum absolute atomic E-state index is 0.178. The van der Waals surface area contributed by atoms with Gasteiger partial charge in [0.25, 0.3) is 5.91 Å². The van der Waals surface area contributed by atoms with Crippen LogP contribution in [0.5, 0.6) is 5.75 Å². The van der Waals surface area contributed by atoms with E-state index >= 15 is 0 Å². The van der Waals surface area contributed by atoms with Crippen molar-refractivity contribution < 1.29 is 9.53 Å². The maximum atomic E-state index is 12.6. The lowest BCUT2D eigenvalue weighted by atomic mass is 10.1. The van der Waals surface area contributed by atoms with Gasteiger partial charge in [-0.3, -0.25) is 4.79 Å². The summed E-state index contributed by atoms with van der Waals surface area (Å²) in [5.74, 6) is 0.546. The number of aryl methyl sites for hydroxylation is 2. The molecule has 1 amide bonds. The number of benzene rings is 2. The Morgan fingerprint density at radius 3 is 2.64 bits per heavy atom. The summed E-state index contributed by atoms with van der Waals surface area (Å²) in [4.78, 5) is 17.0. The van der Waals surface area contributed by atoms with Crippen LogP contribution < -0.4 is 10.1 Å². The summed E-state index contributed by atoms with van der Waals surface area (Å²) >= 11 is 7.85. The number of rotatable bonds is 4. The number of thiazole rings is 1. The zero-order valence-electron chi connectivity index (χ0n) is 14.1. The molecule has 0 saturated carbocycles. The maximum Gasteiger partial charge on any atom is 0.255 e. The highest BCUT2D eigenvalue weighted by Crippen LogP contribution is 2.31. The van der Waals surface area contributed by atoms with Crippen molar-refractivity contribution in [3.63, 3.8) is 0 Å². The lowest BCUT2D eigenvalue weighted by Crippen LogP contribution is -2.13. The number of aromatic nitrogens is 1. The van der Waals surface area contributed by atoms with Gasteiger partial charge in [-0.1, -0.05) is 11.6 Å². The zero-order valence-corrected chi connectivity index (χ0v) is 15.7. The molecule has 0 spiro atoms. The molecule has 128 valence electrons. The number of methoxy groups -OCH3 is 1. The summed E-state index contributed by atoms with van der Waals surface area (Å²) in [7, 11) is 1.60. The van der Waals surface area contributed by atoms with Crippen molar-refractivity contribution in [2.45, 2.75) is 13.8 Å². The molecule has 25 heavy (non-hydrogen) atoms. The second-order valence-corrected chi connectivity index (χ2v) is 7.05. The maximum absolute atomic E-state index is 12.6. The largest absolute Gasteiger partial charge is 0.497 e. The standard InChI is InChI=1S/C19H17ClN2O2S/c1-11-8-14(24-3)5-6-15(11)19(23)22-13-4-7-17(20)16(9-13)18-10-25-12(2)21-18/h4-10H,1-3H3,(H,22,23). The molecule has 4 nitrogen and oxygen atoms in total. The van der Waals surface area contributed by atoms with Crippen molar-refractivity contribution >= 4 is 34.5 Å². The molecule has 0 fully saturated rings. The average Bonchev–Trinajstić information content (AvgIpc) is 3.02. The topological polar surface area (TPSA) is 51.2 Å². The molecule has 0 unspecified atom stereocenters. The van der Waals surface area contributed by atoms with Gasteiger partial charge in [-0.05, 0) is 55.8 Å². The number of ether oxygens (including phenoxy) is 1. The smallest absolute Gasteiger partial charge is 0.255 e. The first-order valence-electron chi connectivity index (χ1n) is 7.66. The van der Waals surface area contributed by atoms with Crippen LogP contribution in [0.2, 0.25) is 5.02 Å². The van der Waals surface area contributed by atoms with E-state index in [9.17, 15) is 4.79 Å². The van der Waals surface area contributed by atoms with Crippen LogP contribution in [0.4, 0.5) is 5.69 Å². The summed E-state index contributed by atoms with van der Waals surface area (Å²) in [5.41, 5.74) is 3.73. The van der Waals surface area contributed by atoms with E-state index in [1.165, 1.54) is 0 Å². The quantitative estimate of drug-likeness (QED) is 0.672. The average molecular weight is 373 g/mol. The summed E-state index contributed by atoms with van der Waals surface area (Å²) in [6.07, 6.45) is 0. The van der Waals surface area contributed by atoms with Crippen molar-refractivity contribution in [2.75, 3.05) is 12.4 Å². The van der Waals surface area contributed by atoms with Crippen LogP contribution in [0.3, 0.4) is 0 Å². The van der Waals surface area contributed by atoms with Crippen LogP contribution in [0, 0.1) is 13.8 Å². The first kappa shape index (κ1) is 17.5. The predicted octanol–water partition coefficient (Wildman–Crippen LogP) is 5.34. The molecule has 1 N–H and O–H groups in total.